The predicted molar refractivity (Wildman–Crippen MR) is 75.1 cm³/mol. The van der Waals surface area contributed by atoms with Crippen molar-refractivity contribution < 1.29 is 22.6 Å². The van der Waals surface area contributed by atoms with Crippen LogP contribution in [-0.2, 0) is 16.8 Å². The van der Waals surface area contributed by atoms with Crippen LogP contribution in [0.2, 0.25) is 0 Å². The molecule has 0 saturated carbocycles. The van der Waals surface area contributed by atoms with Gasteiger partial charge in [0.15, 0.2) is 0 Å². The van der Waals surface area contributed by atoms with Gasteiger partial charge in [-0.3, -0.25) is 0 Å². The summed E-state index contributed by atoms with van der Waals surface area (Å²) >= 11 is 0. The molecule has 1 aromatic rings. The van der Waals surface area contributed by atoms with Crippen LogP contribution in [0.15, 0.2) is 18.2 Å². The molecule has 2 N–H and O–H groups in total. The van der Waals surface area contributed by atoms with Crippen LogP contribution >= 0.6 is 0 Å². The SMILES string of the molecule is C[C@H](CN)OCc1cc(OC(F)(F)F)cc(C(C)(C)C)c1. The number of alkyl halides is 3. The number of ether oxygens (including phenoxy) is 2. The monoisotopic (exact) mass is 305 g/mol. The van der Waals surface area contributed by atoms with Crippen LogP contribution in [0.4, 0.5) is 13.2 Å². The largest absolute Gasteiger partial charge is 0.573 e. The van der Waals surface area contributed by atoms with E-state index in [1.807, 2.05) is 26.8 Å². The van der Waals surface area contributed by atoms with Crippen LogP contribution in [0.1, 0.15) is 38.8 Å². The summed E-state index contributed by atoms with van der Waals surface area (Å²) in [4.78, 5) is 0. The van der Waals surface area contributed by atoms with Crippen molar-refractivity contribution in [1.82, 2.24) is 0 Å². The number of halogens is 3. The third kappa shape index (κ3) is 6.35. The average Bonchev–Trinajstić information content (AvgIpc) is 2.32. The van der Waals surface area contributed by atoms with E-state index in [1.54, 1.807) is 6.92 Å². The van der Waals surface area contributed by atoms with Crippen molar-refractivity contribution in [3.05, 3.63) is 29.3 Å². The van der Waals surface area contributed by atoms with Crippen LogP contribution in [0.25, 0.3) is 0 Å². The first-order valence-corrected chi connectivity index (χ1v) is 6.73. The Balaban J connectivity index is 3.04. The topological polar surface area (TPSA) is 44.5 Å². The van der Waals surface area contributed by atoms with Gasteiger partial charge in [0, 0.05) is 6.54 Å². The van der Waals surface area contributed by atoms with E-state index < -0.39 is 6.36 Å². The molecule has 0 heterocycles. The van der Waals surface area contributed by atoms with Crippen molar-refractivity contribution in [1.29, 1.82) is 0 Å². The fraction of sp³-hybridized carbons (Fsp3) is 0.600. The second-order valence-electron chi connectivity index (χ2n) is 6.02. The molecule has 1 aromatic carbocycles. The van der Waals surface area contributed by atoms with Crippen LogP contribution in [-0.4, -0.2) is 19.0 Å². The summed E-state index contributed by atoms with van der Waals surface area (Å²) in [6.07, 6.45) is -4.87. The smallest absolute Gasteiger partial charge is 0.406 e. The first-order chi connectivity index (χ1) is 9.51. The van der Waals surface area contributed by atoms with Crippen LogP contribution in [0.3, 0.4) is 0 Å². The highest BCUT2D eigenvalue weighted by atomic mass is 19.4. The Labute approximate surface area is 123 Å². The Bertz CT molecular complexity index is 467. The van der Waals surface area contributed by atoms with Crippen molar-refractivity contribution in [3.8, 4) is 5.75 Å². The van der Waals surface area contributed by atoms with E-state index >= 15 is 0 Å². The second kappa shape index (κ2) is 6.66. The van der Waals surface area contributed by atoms with E-state index in [2.05, 4.69) is 4.74 Å². The Kier molecular flexibility index (Phi) is 5.64. The minimum Gasteiger partial charge on any atom is -0.406 e. The first-order valence-electron chi connectivity index (χ1n) is 6.73. The first kappa shape index (κ1) is 17.8. The van der Waals surface area contributed by atoms with Gasteiger partial charge in [-0.15, -0.1) is 13.2 Å². The summed E-state index contributed by atoms with van der Waals surface area (Å²) in [6, 6.07) is 4.57. The maximum Gasteiger partial charge on any atom is 0.573 e. The highest BCUT2D eigenvalue weighted by Crippen LogP contribution is 2.31. The molecule has 0 aromatic heterocycles. The zero-order valence-corrected chi connectivity index (χ0v) is 12.8. The van der Waals surface area contributed by atoms with E-state index in [0.29, 0.717) is 12.1 Å². The van der Waals surface area contributed by atoms with E-state index in [9.17, 15) is 13.2 Å². The Morgan fingerprint density at radius 3 is 2.24 bits per heavy atom. The molecule has 0 aliphatic heterocycles. The lowest BCUT2D eigenvalue weighted by Gasteiger charge is -2.22. The molecule has 1 rings (SSSR count). The molecule has 6 heteroatoms. The number of hydrogen-bond donors (Lipinski definition) is 1. The van der Waals surface area contributed by atoms with E-state index in [4.69, 9.17) is 10.5 Å². The van der Waals surface area contributed by atoms with Crippen LogP contribution < -0.4 is 10.5 Å². The normalized spacial score (nSPS) is 14.1. The molecular weight excluding hydrogens is 283 g/mol. The summed E-state index contributed by atoms with van der Waals surface area (Å²) in [5, 5.41) is 0. The lowest BCUT2D eigenvalue weighted by atomic mass is 9.86. The number of rotatable bonds is 5. The fourth-order valence-corrected chi connectivity index (χ4v) is 1.68. The molecule has 0 unspecified atom stereocenters. The van der Waals surface area contributed by atoms with Crippen molar-refractivity contribution in [2.24, 2.45) is 5.73 Å². The maximum atomic E-state index is 12.4. The summed E-state index contributed by atoms with van der Waals surface area (Å²) in [6.45, 7) is 8.12. The summed E-state index contributed by atoms with van der Waals surface area (Å²) < 4.78 is 46.7. The average molecular weight is 305 g/mol. The fourth-order valence-electron chi connectivity index (χ4n) is 1.68. The van der Waals surface area contributed by atoms with Crippen LogP contribution in [0.5, 0.6) is 5.75 Å². The van der Waals surface area contributed by atoms with Gasteiger partial charge >= 0.3 is 6.36 Å². The van der Waals surface area contributed by atoms with Crippen molar-refractivity contribution in [2.75, 3.05) is 6.54 Å². The van der Waals surface area contributed by atoms with E-state index in [-0.39, 0.29) is 23.9 Å². The molecule has 0 aliphatic carbocycles. The van der Waals surface area contributed by atoms with Crippen molar-refractivity contribution in [2.45, 2.75) is 52.2 Å². The summed E-state index contributed by atoms with van der Waals surface area (Å²) in [5.41, 5.74) is 6.54. The maximum absolute atomic E-state index is 12.4. The molecule has 0 saturated heterocycles. The van der Waals surface area contributed by atoms with Gasteiger partial charge in [0.1, 0.15) is 5.75 Å². The number of benzene rings is 1. The van der Waals surface area contributed by atoms with Gasteiger partial charge in [0.25, 0.3) is 0 Å². The van der Waals surface area contributed by atoms with E-state index in [0.717, 1.165) is 5.56 Å². The van der Waals surface area contributed by atoms with Gasteiger partial charge in [-0.25, -0.2) is 0 Å². The number of hydrogen-bond acceptors (Lipinski definition) is 3. The van der Waals surface area contributed by atoms with Gasteiger partial charge in [-0.2, -0.15) is 0 Å². The molecule has 1 atom stereocenters. The molecule has 120 valence electrons. The quantitative estimate of drug-likeness (QED) is 0.901. The highest BCUT2D eigenvalue weighted by molar-refractivity contribution is 5.37. The molecule has 0 radical (unpaired) electrons. The van der Waals surface area contributed by atoms with Gasteiger partial charge in [-0.05, 0) is 35.6 Å². The third-order valence-corrected chi connectivity index (χ3v) is 2.93. The van der Waals surface area contributed by atoms with Gasteiger partial charge in [0.05, 0.1) is 12.7 Å². The van der Waals surface area contributed by atoms with E-state index in [1.165, 1.54) is 12.1 Å². The lowest BCUT2D eigenvalue weighted by molar-refractivity contribution is -0.274. The minimum atomic E-state index is -4.71. The standard InChI is InChI=1S/C15H22F3NO2/c1-10(8-19)20-9-11-5-12(14(2,3)4)7-13(6-11)21-15(16,17)18/h5-7,10H,8-9,19H2,1-4H3/t10-/m1/s1. The zero-order chi connectivity index (χ0) is 16.3. The van der Waals surface area contributed by atoms with Crippen molar-refractivity contribution in [3.63, 3.8) is 0 Å². The second-order valence-corrected chi connectivity index (χ2v) is 6.02. The number of nitrogens with two attached hydrogens (primary N) is 1. The molecule has 3 nitrogen and oxygen atoms in total. The molecule has 0 amide bonds. The molecule has 21 heavy (non-hydrogen) atoms. The molecule has 0 bridgehead atoms. The Hall–Kier alpha value is -1.27. The van der Waals surface area contributed by atoms with Crippen LogP contribution in [0, 0.1) is 0 Å². The van der Waals surface area contributed by atoms with Gasteiger partial charge in [0.2, 0.25) is 0 Å². The molecular formula is C15H22F3NO2. The summed E-state index contributed by atoms with van der Waals surface area (Å²) in [7, 11) is 0. The third-order valence-electron chi connectivity index (χ3n) is 2.93. The molecule has 0 aliphatic rings. The predicted octanol–water partition coefficient (Wildman–Crippen LogP) is 3.75. The van der Waals surface area contributed by atoms with Gasteiger partial charge < -0.3 is 15.2 Å². The molecule has 0 spiro atoms. The minimum absolute atomic E-state index is 0.157. The Morgan fingerprint density at radius 1 is 1.14 bits per heavy atom. The molecule has 0 fully saturated rings. The zero-order valence-electron chi connectivity index (χ0n) is 12.8. The highest BCUT2D eigenvalue weighted by Gasteiger charge is 2.31. The van der Waals surface area contributed by atoms with Gasteiger partial charge in [-0.1, -0.05) is 26.8 Å². The lowest BCUT2D eigenvalue weighted by Crippen LogP contribution is -2.21. The Morgan fingerprint density at radius 2 is 1.76 bits per heavy atom. The summed E-state index contributed by atoms with van der Waals surface area (Å²) in [5.74, 6) is -0.228. The van der Waals surface area contributed by atoms with Crippen molar-refractivity contribution >= 4 is 0 Å².